The molecule has 0 aliphatic carbocycles. The van der Waals surface area contributed by atoms with Gasteiger partial charge in [-0.05, 0) is 36.9 Å². The number of hydrogen-bond acceptors (Lipinski definition) is 7. The van der Waals surface area contributed by atoms with E-state index in [0.717, 1.165) is 24.8 Å². The van der Waals surface area contributed by atoms with E-state index >= 15 is 4.39 Å². The number of fused-ring (bicyclic) bond motifs is 3. The van der Waals surface area contributed by atoms with Crippen molar-refractivity contribution in [3.05, 3.63) is 88.2 Å². The third-order valence-electron chi connectivity index (χ3n) is 10.3. The zero-order valence-corrected chi connectivity index (χ0v) is 27.0. The van der Waals surface area contributed by atoms with E-state index in [-0.39, 0.29) is 49.3 Å². The predicted octanol–water partition coefficient (Wildman–Crippen LogP) is 5.60. The Morgan fingerprint density at radius 2 is 2.06 bits per heavy atom. The summed E-state index contributed by atoms with van der Waals surface area (Å²) in [5.41, 5.74) is 0.741. The summed E-state index contributed by atoms with van der Waals surface area (Å²) in [6.07, 6.45) is 3.89. The zero-order chi connectivity index (χ0) is 33.6. The Kier molecular flexibility index (Phi) is 8.53. The highest BCUT2D eigenvalue weighted by Gasteiger charge is 2.50. The number of benzene rings is 2. The number of nitriles is 1. The van der Waals surface area contributed by atoms with Crippen LogP contribution in [0.2, 0.25) is 5.02 Å². The van der Waals surface area contributed by atoms with Gasteiger partial charge in [-0.1, -0.05) is 48.5 Å². The number of hydrogen-bond donors (Lipinski definition) is 0. The first-order valence-corrected chi connectivity index (χ1v) is 16.5. The average molecular weight is 670 g/mol. The van der Waals surface area contributed by atoms with Crippen LogP contribution in [0.4, 0.5) is 8.78 Å². The van der Waals surface area contributed by atoms with Crippen molar-refractivity contribution >= 4 is 46.1 Å². The normalized spacial score (nSPS) is 28.6. The number of dihydropyridines is 1. The molecule has 2 unspecified atom stereocenters. The third-order valence-corrected chi connectivity index (χ3v) is 10.6. The van der Waals surface area contributed by atoms with E-state index in [1.807, 2.05) is 29.2 Å². The fourth-order valence-electron chi connectivity index (χ4n) is 8.09. The number of halogens is 3. The molecule has 0 N–H and O–H groups in total. The number of carbonyl (C=O) groups excluding carboxylic acids is 1. The molecular weight excluding hydrogens is 636 g/mol. The highest BCUT2D eigenvalue weighted by molar-refractivity contribution is 6.36. The molecule has 3 fully saturated rings. The fraction of sp³-hybridized carbons (Fsp3) is 0.417. The van der Waals surface area contributed by atoms with Crippen molar-refractivity contribution in [2.45, 2.75) is 43.1 Å². The van der Waals surface area contributed by atoms with Gasteiger partial charge in [0.2, 0.25) is 18.3 Å². The Morgan fingerprint density at radius 1 is 1.25 bits per heavy atom. The van der Waals surface area contributed by atoms with E-state index in [1.165, 1.54) is 6.08 Å². The molecule has 0 bridgehead atoms. The molecule has 48 heavy (non-hydrogen) atoms. The van der Waals surface area contributed by atoms with Crippen LogP contribution in [0.3, 0.4) is 0 Å². The number of aliphatic imine (C=N–C) groups is 2. The molecule has 5 aliphatic heterocycles. The van der Waals surface area contributed by atoms with E-state index in [2.05, 4.69) is 27.4 Å². The minimum Gasteiger partial charge on any atom is -0.475 e. The number of ether oxygens (including phenoxy) is 1. The van der Waals surface area contributed by atoms with Gasteiger partial charge in [-0.15, -0.1) is 0 Å². The smallest absolute Gasteiger partial charge is 0.246 e. The molecule has 2 aromatic rings. The second kappa shape index (κ2) is 12.8. The first-order chi connectivity index (χ1) is 23.3. The van der Waals surface area contributed by atoms with Crippen molar-refractivity contribution in [3.8, 4) is 6.07 Å². The van der Waals surface area contributed by atoms with E-state index in [9.17, 15) is 14.4 Å². The van der Waals surface area contributed by atoms with Gasteiger partial charge in [0.1, 0.15) is 42.2 Å². The minimum atomic E-state index is -1.10. The van der Waals surface area contributed by atoms with E-state index in [1.54, 1.807) is 23.2 Å². The first-order valence-electron chi connectivity index (χ1n) is 16.2. The average Bonchev–Trinajstić information content (AvgIpc) is 3.62. The van der Waals surface area contributed by atoms with Gasteiger partial charge in [0.25, 0.3) is 0 Å². The molecule has 7 rings (SSSR count). The Labute approximate surface area is 282 Å². The monoisotopic (exact) mass is 669 g/mol. The van der Waals surface area contributed by atoms with E-state index in [0.29, 0.717) is 41.2 Å². The van der Waals surface area contributed by atoms with Gasteiger partial charge < -0.3 is 19.4 Å². The molecule has 5 aliphatic rings. The highest BCUT2D eigenvalue weighted by Crippen LogP contribution is 2.44. The topological polar surface area (TPSA) is 88.9 Å². The van der Waals surface area contributed by atoms with Crippen LogP contribution >= 0.6 is 11.6 Å². The summed E-state index contributed by atoms with van der Waals surface area (Å²) in [6, 6.07) is 11.7. The Morgan fingerprint density at radius 3 is 2.83 bits per heavy atom. The summed E-state index contributed by atoms with van der Waals surface area (Å²) in [5, 5.41) is 12.6. The zero-order valence-electron chi connectivity index (χ0n) is 26.3. The van der Waals surface area contributed by atoms with E-state index in [4.69, 9.17) is 27.9 Å². The molecule has 0 radical (unpaired) electrons. The van der Waals surface area contributed by atoms with Crippen LogP contribution in [0.25, 0.3) is 21.3 Å². The highest BCUT2D eigenvalue weighted by atomic mass is 35.5. The molecule has 3 saturated heterocycles. The van der Waals surface area contributed by atoms with Crippen molar-refractivity contribution in [2.24, 2.45) is 15.9 Å². The lowest BCUT2D eigenvalue weighted by molar-refractivity contribution is -0.130. The van der Waals surface area contributed by atoms with Gasteiger partial charge in [0.15, 0.2) is 5.83 Å². The van der Waals surface area contributed by atoms with Crippen LogP contribution in [0, 0.1) is 23.8 Å². The van der Waals surface area contributed by atoms with Gasteiger partial charge in [0, 0.05) is 60.5 Å². The maximum atomic E-state index is 17.0. The van der Waals surface area contributed by atoms with Crippen LogP contribution in [0.5, 0.6) is 0 Å². The lowest BCUT2D eigenvalue weighted by atomic mass is 9.85. The van der Waals surface area contributed by atoms with Crippen molar-refractivity contribution in [2.75, 3.05) is 45.9 Å². The SMILES string of the molecule is [C-]#[N+]C[C@H]1CN(C2=C(C#N)C(OC[C@@]34CCCN3C[C@H](F)C4)=NC3C(F)=C(c4cccc5cccc(Cl)c45)N=CC23)CCN1C(=O)C=C. The van der Waals surface area contributed by atoms with Crippen LogP contribution in [-0.2, 0) is 9.53 Å². The van der Waals surface area contributed by atoms with Crippen molar-refractivity contribution in [1.82, 2.24) is 14.7 Å². The minimum absolute atomic E-state index is 0.00404. The summed E-state index contributed by atoms with van der Waals surface area (Å²) in [6.45, 7) is 13.3. The van der Waals surface area contributed by atoms with Crippen LogP contribution < -0.4 is 0 Å². The summed E-state index contributed by atoms with van der Waals surface area (Å²) < 4.78 is 37.9. The second-order valence-electron chi connectivity index (χ2n) is 12.9. The van der Waals surface area contributed by atoms with Gasteiger partial charge in [-0.2, -0.15) is 5.26 Å². The maximum absolute atomic E-state index is 17.0. The van der Waals surface area contributed by atoms with Crippen molar-refractivity contribution < 1.29 is 18.3 Å². The number of nitrogens with zero attached hydrogens (tertiary/aromatic N) is 7. The third kappa shape index (κ3) is 5.35. The standard InChI is InChI=1S/C36H34ClF2N7O2/c1-3-29(47)46-14-13-44(20-24(46)17-41-2)34-26(16-40)35(48-21-36-11-6-12-45(36)19-23(38)15-36)43-33-27(34)18-42-32(31(33)39)25-9-4-7-22-8-5-10-28(37)30(22)25/h3-5,7-10,18,23-24,27,33H,1,6,11-15,17,19-21H2/t23-,24+,27?,33?,36+/m1/s1. The molecular formula is C36H34ClF2N7O2. The number of alkyl halides is 1. The van der Waals surface area contributed by atoms with Gasteiger partial charge in [-0.25, -0.2) is 20.3 Å². The summed E-state index contributed by atoms with van der Waals surface area (Å²) >= 11 is 6.61. The van der Waals surface area contributed by atoms with Crippen LogP contribution in [-0.4, -0.2) is 102 Å². The van der Waals surface area contributed by atoms with Gasteiger partial charge in [-0.3, -0.25) is 14.7 Å². The molecule has 1 amide bonds. The number of amides is 1. The van der Waals surface area contributed by atoms with Crippen LogP contribution in [0.15, 0.2) is 76.1 Å². The predicted molar refractivity (Wildman–Crippen MR) is 181 cm³/mol. The summed E-state index contributed by atoms with van der Waals surface area (Å²) in [4.78, 5) is 31.3. The van der Waals surface area contributed by atoms with Crippen molar-refractivity contribution in [1.29, 1.82) is 5.26 Å². The molecule has 0 spiro atoms. The largest absolute Gasteiger partial charge is 0.475 e. The summed E-state index contributed by atoms with van der Waals surface area (Å²) in [5.74, 6) is -1.61. The molecule has 0 aromatic heterocycles. The van der Waals surface area contributed by atoms with Crippen molar-refractivity contribution in [3.63, 3.8) is 0 Å². The molecule has 246 valence electrons. The Bertz CT molecular complexity index is 1890. The second-order valence-corrected chi connectivity index (χ2v) is 13.3. The first kappa shape index (κ1) is 32.0. The summed E-state index contributed by atoms with van der Waals surface area (Å²) in [7, 11) is 0. The molecule has 0 saturated carbocycles. The maximum Gasteiger partial charge on any atom is 0.246 e. The lowest BCUT2D eigenvalue weighted by Gasteiger charge is -2.44. The molecule has 9 nitrogen and oxygen atoms in total. The molecule has 2 aromatic carbocycles. The van der Waals surface area contributed by atoms with Crippen LogP contribution in [0.1, 0.15) is 24.8 Å². The van der Waals surface area contributed by atoms with E-state index < -0.39 is 35.5 Å². The Balaban J connectivity index is 1.31. The molecule has 5 atom stereocenters. The van der Waals surface area contributed by atoms with Gasteiger partial charge in [0.05, 0.1) is 11.5 Å². The molecule has 12 heteroatoms. The number of rotatable bonds is 6. The quantitative estimate of drug-likeness (QED) is 0.295. The number of carbonyl (C=O) groups is 1. The Hall–Kier alpha value is -4.58. The fourth-order valence-corrected chi connectivity index (χ4v) is 8.37. The lowest BCUT2D eigenvalue weighted by Crippen LogP contribution is -2.57. The molecule has 5 heterocycles. The van der Waals surface area contributed by atoms with Gasteiger partial charge >= 0.3 is 0 Å². The number of piperazine rings is 1.